The van der Waals surface area contributed by atoms with E-state index >= 15 is 0 Å². The normalized spacial score (nSPS) is 40.0. The summed E-state index contributed by atoms with van der Waals surface area (Å²) in [6, 6.07) is 9.75. The second-order valence-corrected chi connectivity index (χ2v) is 13.1. The van der Waals surface area contributed by atoms with Crippen molar-refractivity contribution in [1.82, 2.24) is 4.90 Å². The molecule has 5 aliphatic heterocycles. The van der Waals surface area contributed by atoms with Gasteiger partial charge in [0.25, 0.3) is 0 Å². The van der Waals surface area contributed by atoms with E-state index in [0.29, 0.717) is 13.1 Å². The van der Waals surface area contributed by atoms with Crippen molar-refractivity contribution in [3.63, 3.8) is 0 Å². The number of carbonyl (C=O) groups excluding carboxylic acids is 1. The number of aliphatic hydroxyl groups is 1. The van der Waals surface area contributed by atoms with Gasteiger partial charge in [-0.3, -0.25) is 9.69 Å². The van der Waals surface area contributed by atoms with Crippen LogP contribution in [0.15, 0.2) is 30.3 Å². The van der Waals surface area contributed by atoms with Crippen molar-refractivity contribution in [2.24, 2.45) is 5.92 Å². The lowest BCUT2D eigenvalue weighted by Crippen LogP contribution is -2.62. The van der Waals surface area contributed by atoms with Crippen LogP contribution in [0, 0.1) is 5.92 Å². The zero-order valence-electron chi connectivity index (χ0n) is 24.9. The van der Waals surface area contributed by atoms with Crippen molar-refractivity contribution >= 4 is 5.97 Å². The third-order valence-electron chi connectivity index (χ3n) is 8.51. The number of esters is 1. The highest BCUT2D eigenvalue weighted by molar-refractivity contribution is 5.65. The number of ether oxygens (including phenoxy) is 8. The van der Waals surface area contributed by atoms with Crippen LogP contribution in [-0.4, -0.2) is 102 Å². The van der Waals surface area contributed by atoms with Gasteiger partial charge in [0.1, 0.15) is 36.6 Å². The topological polar surface area (TPSA) is 114 Å². The Morgan fingerprint density at radius 2 is 1.51 bits per heavy atom. The van der Waals surface area contributed by atoms with Crippen LogP contribution in [-0.2, 0) is 49.2 Å². The fourth-order valence-electron chi connectivity index (χ4n) is 7.13. The number of nitrogens with zero attached hydrogens (tertiary/aromatic N) is 1. The second-order valence-electron chi connectivity index (χ2n) is 13.1. The summed E-state index contributed by atoms with van der Waals surface area (Å²) in [5.74, 6) is -3.64. The number of carbonyl (C=O) groups is 1. The summed E-state index contributed by atoms with van der Waals surface area (Å²) < 4.78 is 49.6. The number of hydrogen-bond acceptors (Lipinski definition) is 11. The van der Waals surface area contributed by atoms with E-state index in [2.05, 4.69) is 17.0 Å². The maximum absolute atomic E-state index is 12.2. The Balaban J connectivity index is 1.34. The number of benzene rings is 1. The lowest BCUT2D eigenvalue weighted by molar-refractivity contribution is -0.262. The molecular formula is C30H43NO10. The summed E-state index contributed by atoms with van der Waals surface area (Å²) in [6.07, 6.45) is -5.02. The smallest absolute Gasteiger partial charge is 0.302 e. The molecule has 5 saturated heterocycles. The molecule has 6 rings (SSSR count). The average Bonchev–Trinajstić information content (AvgIpc) is 3.55. The maximum atomic E-state index is 12.2. The van der Waals surface area contributed by atoms with E-state index in [1.165, 1.54) is 6.92 Å². The van der Waals surface area contributed by atoms with Crippen LogP contribution in [0.5, 0.6) is 0 Å². The molecule has 5 heterocycles. The molecule has 5 fully saturated rings. The molecular weight excluding hydrogens is 534 g/mol. The highest BCUT2D eigenvalue weighted by atomic mass is 16.9. The van der Waals surface area contributed by atoms with Crippen LogP contribution in [0.1, 0.15) is 54.0 Å². The molecule has 228 valence electrons. The quantitative estimate of drug-likeness (QED) is 0.482. The molecule has 0 radical (unpaired) electrons. The van der Waals surface area contributed by atoms with Crippen LogP contribution < -0.4 is 0 Å². The Hall–Kier alpha value is -1.67. The fraction of sp³-hybridized carbons (Fsp3) is 0.767. The molecule has 1 aromatic rings. The Bertz CT molecular complexity index is 1110. The summed E-state index contributed by atoms with van der Waals surface area (Å²) in [6.45, 7) is 13.6. The Morgan fingerprint density at radius 1 is 0.902 bits per heavy atom. The van der Waals surface area contributed by atoms with Crippen molar-refractivity contribution in [3.8, 4) is 0 Å². The number of hydrogen-bond donors (Lipinski definition) is 1. The van der Waals surface area contributed by atoms with Crippen molar-refractivity contribution < 1.29 is 47.8 Å². The molecule has 10 atom stereocenters. The van der Waals surface area contributed by atoms with Gasteiger partial charge in [-0.2, -0.15) is 0 Å². The number of aliphatic hydroxyl groups excluding tert-OH is 1. The van der Waals surface area contributed by atoms with E-state index in [1.807, 2.05) is 59.7 Å². The van der Waals surface area contributed by atoms with Crippen LogP contribution in [0.4, 0.5) is 0 Å². The molecule has 0 saturated carbocycles. The van der Waals surface area contributed by atoms with Gasteiger partial charge < -0.3 is 43.0 Å². The molecule has 0 bridgehead atoms. The molecule has 1 N–H and O–H groups in total. The largest absolute Gasteiger partial charge is 0.465 e. The van der Waals surface area contributed by atoms with Crippen LogP contribution in [0.25, 0.3) is 0 Å². The van der Waals surface area contributed by atoms with Gasteiger partial charge in [-0.25, -0.2) is 0 Å². The first-order valence-corrected chi connectivity index (χ1v) is 14.5. The molecule has 0 aliphatic carbocycles. The number of fused-ring (bicyclic) bond motifs is 4. The zero-order chi connectivity index (χ0) is 29.3. The first-order chi connectivity index (χ1) is 19.2. The number of likely N-dealkylation sites (tertiary alicyclic amines) is 1. The van der Waals surface area contributed by atoms with Gasteiger partial charge in [0.15, 0.2) is 23.7 Å². The summed E-state index contributed by atoms with van der Waals surface area (Å²) in [7, 11) is 0. The van der Waals surface area contributed by atoms with Gasteiger partial charge >= 0.3 is 5.97 Å². The summed E-state index contributed by atoms with van der Waals surface area (Å²) >= 11 is 0. The minimum absolute atomic E-state index is 0.0437. The second kappa shape index (κ2) is 10.5. The van der Waals surface area contributed by atoms with Gasteiger partial charge in [-0.1, -0.05) is 30.3 Å². The summed E-state index contributed by atoms with van der Waals surface area (Å²) in [4.78, 5) is 14.3. The third-order valence-corrected chi connectivity index (χ3v) is 8.51. The predicted molar refractivity (Wildman–Crippen MR) is 143 cm³/mol. The van der Waals surface area contributed by atoms with Crippen molar-refractivity contribution in [2.75, 3.05) is 13.2 Å². The fourth-order valence-corrected chi connectivity index (χ4v) is 7.13. The molecule has 0 aromatic heterocycles. The Labute approximate surface area is 241 Å². The molecule has 0 unspecified atom stereocenters. The molecule has 1 aromatic carbocycles. The minimum Gasteiger partial charge on any atom is -0.465 e. The molecule has 0 amide bonds. The molecule has 0 spiro atoms. The molecule has 41 heavy (non-hydrogen) atoms. The molecule has 11 heteroatoms. The predicted octanol–water partition coefficient (Wildman–Crippen LogP) is 2.33. The van der Waals surface area contributed by atoms with E-state index < -0.39 is 66.1 Å². The van der Waals surface area contributed by atoms with E-state index in [1.54, 1.807) is 0 Å². The summed E-state index contributed by atoms with van der Waals surface area (Å²) in [5, 5.41) is 12.2. The van der Waals surface area contributed by atoms with Crippen LogP contribution in [0.3, 0.4) is 0 Å². The van der Waals surface area contributed by atoms with Gasteiger partial charge in [0.2, 0.25) is 0 Å². The SMILES string of the molecule is CC(=O)OC[C@@H]([C@H](O)[C@H]1O[C@@H]2OC(C)(C)O[C@@H]2[C@H]2OC(C)(C)O[C@H]21)[C@@H]1[C@H]2OC(C)(C)O[C@H]2CN1Cc1ccccc1. The van der Waals surface area contributed by atoms with Crippen LogP contribution in [0.2, 0.25) is 0 Å². The first-order valence-electron chi connectivity index (χ1n) is 14.5. The van der Waals surface area contributed by atoms with E-state index in [4.69, 9.17) is 37.9 Å². The molecule has 11 nitrogen and oxygen atoms in total. The highest BCUT2D eigenvalue weighted by Gasteiger charge is 2.64. The van der Waals surface area contributed by atoms with Crippen LogP contribution >= 0.6 is 0 Å². The van der Waals surface area contributed by atoms with E-state index in [9.17, 15) is 9.90 Å². The Morgan fingerprint density at radius 3 is 2.22 bits per heavy atom. The average molecular weight is 578 g/mol. The van der Waals surface area contributed by atoms with Gasteiger partial charge in [0, 0.05) is 32.0 Å². The van der Waals surface area contributed by atoms with Crippen molar-refractivity contribution in [3.05, 3.63) is 35.9 Å². The lowest BCUT2D eigenvalue weighted by Gasteiger charge is -2.44. The van der Waals surface area contributed by atoms with Gasteiger partial charge in [-0.05, 0) is 47.1 Å². The standard InChI is InChI=1S/C30H43NO10/c1-16(32)34-15-18(20-22-19(36-28(2,3)37-22)14-31(20)13-17-11-9-8-10-12-17)21(33)23-24-25(39-29(4,5)38-24)26-27(35-23)41-30(6,7)40-26/h8-12,18-27,33H,13-15H2,1-7H3/t18-,19+,20-,21+,22+,23-,24+,25+,26-,27-/m1/s1. The lowest BCUT2D eigenvalue weighted by atomic mass is 9.83. The Kier molecular flexibility index (Phi) is 7.53. The molecule has 5 aliphatic rings. The highest BCUT2D eigenvalue weighted by Crippen LogP contribution is 2.47. The third kappa shape index (κ3) is 5.81. The van der Waals surface area contributed by atoms with Gasteiger partial charge in [0.05, 0.1) is 12.7 Å². The monoisotopic (exact) mass is 577 g/mol. The van der Waals surface area contributed by atoms with Crippen molar-refractivity contribution in [2.45, 2.75) is 127 Å². The van der Waals surface area contributed by atoms with Gasteiger partial charge in [-0.15, -0.1) is 0 Å². The first kappa shape index (κ1) is 29.4. The zero-order valence-corrected chi connectivity index (χ0v) is 24.9. The van der Waals surface area contributed by atoms with Crippen molar-refractivity contribution in [1.29, 1.82) is 0 Å². The van der Waals surface area contributed by atoms with E-state index in [0.717, 1.165) is 5.56 Å². The minimum atomic E-state index is -1.14. The summed E-state index contributed by atoms with van der Waals surface area (Å²) in [5.41, 5.74) is 1.11. The maximum Gasteiger partial charge on any atom is 0.302 e. The number of rotatable bonds is 7. The van der Waals surface area contributed by atoms with E-state index in [-0.39, 0.29) is 24.9 Å².